The number of anilines is 1. The normalized spacial score (nSPS) is 11.3. The summed E-state index contributed by atoms with van der Waals surface area (Å²) in [6.07, 6.45) is -2.81. The fourth-order valence-corrected chi connectivity index (χ4v) is 2.63. The van der Waals surface area contributed by atoms with Crippen molar-refractivity contribution in [1.29, 1.82) is 0 Å². The summed E-state index contributed by atoms with van der Waals surface area (Å²) in [7, 11) is 0. The molecule has 122 valence electrons. The molecular formula is C15H14F3N3OS. The molecule has 0 saturated carbocycles. The van der Waals surface area contributed by atoms with Crippen LogP contribution in [0.5, 0.6) is 0 Å². The zero-order valence-electron chi connectivity index (χ0n) is 12.2. The van der Waals surface area contributed by atoms with Gasteiger partial charge in [0.25, 0.3) is 0 Å². The molecule has 1 amide bonds. The van der Waals surface area contributed by atoms with Gasteiger partial charge in [-0.05, 0) is 31.2 Å². The average Bonchev–Trinajstić information content (AvgIpc) is 2.46. The molecule has 0 aliphatic heterocycles. The Kier molecular flexibility index (Phi) is 5.59. The average molecular weight is 341 g/mol. The number of carbonyl (C=O) groups is 1. The van der Waals surface area contributed by atoms with Gasteiger partial charge in [0.15, 0.2) is 0 Å². The van der Waals surface area contributed by atoms with Crippen LogP contribution in [0, 0.1) is 6.92 Å². The number of hydrogen-bond acceptors (Lipinski definition) is 4. The van der Waals surface area contributed by atoms with Crippen LogP contribution in [0.25, 0.3) is 0 Å². The van der Waals surface area contributed by atoms with Gasteiger partial charge >= 0.3 is 6.18 Å². The van der Waals surface area contributed by atoms with Crippen LogP contribution in [0.1, 0.15) is 17.7 Å². The van der Waals surface area contributed by atoms with Crippen LogP contribution < -0.4 is 5.32 Å². The van der Waals surface area contributed by atoms with E-state index in [0.29, 0.717) is 5.75 Å². The van der Waals surface area contributed by atoms with Gasteiger partial charge in [-0.3, -0.25) is 4.79 Å². The Hall–Kier alpha value is -2.09. The van der Waals surface area contributed by atoms with Crippen molar-refractivity contribution in [3.05, 3.63) is 47.9 Å². The van der Waals surface area contributed by atoms with Gasteiger partial charge in [0.05, 0.1) is 10.6 Å². The van der Waals surface area contributed by atoms with E-state index in [1.165, 1.54) is 30.2 Å². The van der Waals surface area contributed by atoms with E-state index in [2.05, 4.69) is 15.3 Å². The van der Waals surface area contributed by atoms with E-state index >= 15 is 0 Å². The summed E-state index contributed by atoms with van der Waals surface area (Å²) in [6.45, 7) is 1.84. The Morgan fingerprint density at radius 2 is 2.04 bits per heavy atom. The molecule has 0 aliphatic carbocycles. The van der Waals surface area contributed by atoms with Crippen molar-refractivity contribution in [3.8, 4) is 0 Å². The van der Waals surface area contributed by atoms with E-state index in [1.54, 1.807) is 6.07 Å². The molecule has 0 unspecified atom stereocenters. The first-order valence-corrected chi connectivity index (χ1v) is 7.72. The van der Waals surface area contributed by atoms with Crippen LogP contribution in [0.15, 0.2) is 41.7 Å². The smallest absolute Gasteiger partial charge is 0.326 e. The molecule has 2 aromatic rings. The first-order valence-electron chi connectivity index (χ1n) is 6.73. The second kappa shape index (κ2) is 7.45. The van der Waals surface area contributed by atoms with E-state index in [4.69, 9.17) is 0 Å². The lowest BCUT2D eigenvalue weighted by Gasteiger charge is -2.09. The monoisotopic (exact) mass is 341 g/mol. The number of hydrogen-bond donors (Lipinski definition) is 1. The van der Waals surface area contributed by atoms with E-state index in [1.807, 2.05) is 6.92 Å². The maximum atomic E-state index is 12.6. The molecule has 0 aliphatic rings. The van der Waals surface area contributed by atoms with Crippen molar-refractivity contribution in [1.82, 2.24) is 9.97 Å². The minimum atomic E-state index is -4.43. The summed E-state index contributed by atoms with van der Waals surface area (Å²) >= 11 is 1.39. The van der Waals surface area contributed by atoms with Gasteiger partial charge in [-0.25, -0.2) is 9.97 Å². The quantitative estimate of drug-likeness (QED) is 0.661. The number of nitrogens with one attached hydrogen (secondary N) is 1. The zero-order valence-corrected chi connectivity index (χ0v) is 13.0. The molecule has 0 radical (unpaired) electrons. The highest BCUT2D eigenvalue weighted by Crippen LogP contribution is 2.30. The lowest BCUT2D eigenvalue weighted by atomic mass is 10.2. The van der Waals surface area contributed by atoms with E-state index < -0.39 is 11.7 Å². The van der Waals surface area contributed by atoms with Crippen molar-refractivity contribution < 1.29 is 18.0 Å². The van der Waals surface area contributed by atoms with Crippen LogP contribution in [0.3, 0.4) is 0 Å². The van der Waals surface area contributed by atoms with E-state index in [0.717, 1.165) is 22.9 Å². The minimum Gasteiger partial charge on any atom is -0.326 e. The fourth-order valence-electron chi connectivity index (χ4n) is 1.75. The maximum Gasteiger partial charge on any atom is 0.416 e. The van der Waals surface area contributed by atoms with Gasteiger partial charge < -0.3 is 5.32 Å². The Morgan fingerprint density at radius 3 is 2.74 bits per heavy atom. The second-order valence-corrected chi connectivity index (χ2v) is 5.84. The van der Waals surface area contributed by atoms with Crippen molar-refractivity contribution in [3.63, 3.8) is 0 Å². The number of alkyl halides is 3. The topological polar surface area (TPSA) is 54.9 Å². The molecule has 2 rings (SSSR count). The SMILES string of the molecule is Cc1cc(SCCC(=O)Nc2cccc(C(F)(F)F)c2)ncn1. The van der Waals surface area contributed by atoms with Gasteiger partial charge in [-0.2, -0.15) is 13.2 Å². The highest BCUT2D eigenvalue weighted by molar-refractivity contribution is 7.99. The lowest BCUT2D eigenvalue weighted by molar-refractivity contribution is -0.137. The second-order valence-electron chi connectivity index (χ2n) is 4.72. The Morgan fingerprint density at radius 1 is 1.26 bits per heavy atom. The fraction of sp³-hybridized carbons (Fsp3) is 0.267. The van der Waals surface area contributed by atoms with Crippen LogP contribution in [0.2, 0.25) is 0 Å². The number of benzene rings is 1. The van der Waals surface area contributed by atoms with Crippen molar-refractivity contribution in [2.75, 3.05) is 11.1 Å². The Labute approximate surface area is 135 Å². The van der Waals surface area contributed by atoms with Crippen molar-refractivity contribution in [2.45, 2.75) is 24.5 Å². The number of aromatic nitrogens is 2. The lowest BCUT2D eigenvalue weighted by Crippen LogP contribution is -2.13. The molecule has 0 fully saturated rings. The molecule has 8 heteroatoms. The summed E-state index contributed by atoms with van der Waals surface area (Å²) in [5, 5.41) is 3.22. The van der Waals surface area contributed by atoms with Crippen LogP contribution in [-0.4, -0.2) is 21.6 Å². The number of thioether (sulfide) groups is 1. The molecule has 0 saturated heterocycles. The standard InChI is InChI=1S/C15H14F3N3OS/c1-10-7-14(20-9-19-10)23-6-5-13(22)21-12-4-2-3-11(8-12)15(16,17)18/h2-4,7-9H,5-6H2,1H3,(H,21,22). The van der Waals surface area contributed by atoms with Gasteiger partial charge in [0, 0.05) is 23.6 Å². The summed E-state index contributed by atoms with van der Waals surface area (Å²) in [5.41, 5.74) is 0.171. The molecule has 1 N–H and O–H groups in total. The predicted molar refractivity (Wildman–Crippen MR) is 82.2 cm³/mol. The zero-order chi connectivity index (χ0) is 16.9. The summed E-state index contributed by atoms with van der Waals surface area (Å²) in [4.78, 5) is 19.8. The molecule has 1 aromatic heterocycles. The van der Waals surface area contributed by atoms with Gasteiger partial charge in [0.1, 0.15) is 6.33 Å². The van der Waals surface area contributed by atoms with Crippen molar-refractivity contribution >= 4 is 23.4 Å². The number of rotatable bonds is 5. The number of nitrogens with zero attached hydrogens (tertiary/aromatic N) is 2. The molecule has 23 heavy (non-hydrogen) atoms. The highest BCUT2D eigenvalue weighted by atomic mass is 32.2. The van der Waals surface area contributed by atoms with Crippen LogP contribution in [-0.2, 0) is 11.0 Å². The van der Waals surface area contributed by atoms with Gasteiger partial charge in [0.2, 0.25) is 5.91 Å². The van der Waals surface area contributed by atoms with Gasteiger partial charge in [-0.15, -0.1) is 11.8 Å². The van der Waals surface area contributed by atoms with Crippen LogP contribution in [0.4, 0.5) is 18.9 Å². The largest absolute Gasteiger partial charge is 0.416 e. The predicted octanol–water partition coefficient (Wildman–Crippen LogP) is 3.92. The van der Waals surface area contributed by atoms with E-state index in [9.17, 15) is 18.0 Å². The molecule has 1 heterocycles. The van der Waals surface area contributed by atoms with Crippen LogP contribution >= 0.6 is 11.8 Å². The molecular weight excluding hydrogens is 327 g/mol. The molecule has 4 nitrogen and oxygen atoms in total. The van der Waals surface area contributed by atoms with E-state index in [-0.39, 0.29) is 18.0 Å². The van der Waals surface area contributed by atoms with Crippen molar-refractivity contribution in [2.24, 2.45) is 0 Å². The molecule has 0 spiro atoms. The number of aryl methyl sites for hydroxylation is 1. The molecule has 0 atom stereocenters. The first kappa shape index (κ1) is 17.3. The molecule has 1 aromatic carbocycles. The summed E-state index contributed by atoms with van der Waals surface area (Å²) < 4.78 is 37.8. The number of halogens is 3. The summed E-state index contributed by atoms with van der Waals surface area (Å²) in [5.74, 6) is 0.129. The number of carbonyl (C=O) groups excluding carboxylic acids is 1. The third-order valence-electron chi connectivity index (χ3n) is 2.83. The summed E-state index contributed by atoms with van der Waals surface area (Å²) in [6, 6.07) is 6.36. The minimum absolute atomic E-state index is 0.132. The maximum absolute atomic E-state index is 12.6. The highest BCUT2D eigenvalue weighted by Gasteiger charge is 2.30. The molecule has 0 bridgehead atoms. The Bertz CT molecular complexity index is 692. The first-order chi connectivity index (χ1) is 10.8. The third-order valence-corrected chi connectivity index (χ3v) is 3.76. The number of amides is 1. The Balaban J connectivity index is 1.85. The van der Waals surface area contributed by atoms with Gasteiger partial charge in [-0.1, -0.05) is 6.07 Å². The third kappa shape index (κ3) is 5.55.